The molecule has 0 spiro atoms. The van der Waals surface area contributed by atoms with Crippen LogP contribution in [0.5, 0.6) is 0 Å². The number of alkyl halides is 2. The van der Waals surface area contributed by atoms with Gasteiger partial charge in [-0.1, -0.05) is 53.5 Å². The van der Waals surface area contributed by atoms with Crippen LogP contribution in [0, 0.1) is 0 Å². The maximum atomic E-state index is 13.5. The number of halogens is 4. The predicted octanol–water partition coefficient (Wildman–Crippen LogP) is 6.09. The van der Waals surface area contributed by atoms with E-state index in [0.29, 0.717) is 32.5 Å². The lowest BCUT2D eigenvalue weighted by Gasteiger charge is -2.10. The number of benzene rings is 2. The summed E-state index contributed by atoms with van der Waals surface area (Å²) in [5.74, 6) is -3.05. The fourth-order valence-electron chi connectivity index (χ4n) is 3.74. The number of aromatic nitrogens is 5. The van der Waals surface area contributed by atoms with Gasteiger partial charge in [0.1, 0.15) is 12.0 Å². The minimum Gasteiger partial charge on any atom is -0.255 e. The Labute approximate surface area is 208 Å². The van der Waals surface area contributed by atoms with E-state index >= 15 is 0 Å². The Morgan fingerprint density at radius 1 is 0.886 bits per heavy atom. The maximum Gasteiger partial charge on any atom is 0.351 e. The van der Waals surface area contributed by atoms with Crippen LogP contribution >= 0.6 is 23.2 Å². The van der Waals surface area contributed by atoms with Crippen LogP contribution in [0.25, 0.3) is 28.0 Å². The third-order valence-electron chi connectivity index (χ3n) is 5.49. The molecule has 5 rings (SSSR count). The lowest BCUT2D eigenvalue weighted by molar-refractivity contribution is 0.0127. The van der Waals surface area contributed by atoms with Crippen molar-refractivity contribution in [2.45, 2.75) is 19.4 Å². The molecule has 6 nitrogen and oxygen atoms in total. The molecule has 0 aliphatic heterocycles. The largest absolute Gasteiger partial charge is 0.351 e. The van der Waals surface area contributed by atoms with E-state index < -0.39 is 11.6 Å². The molecule has 0 radical (unpaired) electrons. The van der Waals surface area contributed by atoms with Gasteiger partial charge < -0.3 is 0 Å². The second-order valence-electron chi connectivity index (χ2n) is 8.06. The number of nitrogens with zero attached hydrogens (tertiary/aromatic N) is 5. The van der Waals surface area contributed by atoms with Crippen molar-refractivity contribution in [3.8, 4) is 22.4 Å². The van der Waals surface area contributed by atoms with E-state index in [9.17, 15) is 13.6 Å². The van der Waals surface area contributed by atoms with Gasteiger partial charge in [0.2, 0.25) is 0 Å². The second kappa shape index (κ2) is 8.87. The molecule has 0 saturated heterocycles. The Morgan fingerprint density at radius 2 is 1.51 bits per heavy atom. The van der Waals surface area contributed by atoms with Crippen LogP contribution in [0.3, 0.4) is 0 Å². The number of hydrogen-bond donors (Lipinski definition) is 0. The van der Waals surface area contributed by atoms with Gasteiger partial charge in [-0.05, 0) is 41.5 Å². The molecule has 3 heterocycles. The molecule has 0 unspecified atom stereocenters. The average molecular weight is 512 g/mol. The van der Waals surface area contributed by atoms with Crippen molar-refractivity contribution >= 4 is 28.8 Å². The third kappa shape index (κ3) is 4.54. The summed E-state index contributed by atoms with van der Waals surface area (Å²) in [4.78, 5) is 21.5. The van der Waals surface area contributed by atoms with Crippen LogP contribution in [-0.2, 0) is 12.5 Å². The molecule has 0 fully saturated rings. The van der Waals surface area contributed by atoms with Crippen molar-refractivity contribution in [1.29, 1.82) is 0 Å². The summed E-state index contributed by atoms with van der Waals surface area (Å²) in [6, 6.07) is 17.1. The lowest BCUT2D eigenvalue weighted by Crippen LogP contribution is -2.22. The standard InChI is InChI=1S/C25H17Cl2F2N5O/c1-25(28,29)20-11-2-15(12-30-20)13-34-24(35)33-14-31-22(17-5-9-19(27)10-6-17)21(23(33)32-34)16-3-7-18(26)8-4-16/h2-12,14H,13H2,1H3. The molecule has 0 saturated carbocycles. The first-order valence-electron chi connectivity index (χ1n) is 10.5. The van der Waals surface area contributed by atoms with Crippen molar-refractivity contribution in [1.82, 2.24) is 24.1 Å². The van der Waals surface area contributed by atoms with Crippen LogP contribution in [0.2, 0.25) is 10.0 Å². The van der Waals surface area contributed by atoms with Gasteiger partial charge in [-0.15, -0.1) is 5.10 Å². The van der Waals surface area contributed by atoms with E-state index in [1.54, 1.807) is 24.3 Å². The molecule has 0 aliphatic rings. The highest BCUT2D eigenvalue weighted by Crippen LogP contribution is 2.34. The molecule has 0 bridgehead atoms. The predicted molar refractivity (Wildman–Crippen MR) is 131 cm³/mol. The highest BCUT2D eigenvalue weighted by Gasteiger charge is 2.26. The van der Waals surface area contributed by atoms with Gasteiger partial charge in [0, 0.05) is 28.7 Å². The summed E-state index contributed by atoms with van der Waals surface area (Å²) in [5, 5.41) is 5.73. The average Bonchev–Trinajstić information content (AvgIpc) is 3.14. The molecular weight excluding hydrogens is 495 g/mol. The van der Waals surface area contributed by atoms with Crippen LogP contribution in [0.1, 0.15) is 18.2 Å². The first-order chi connectivity index (χ1) is 16.7. The summed E-state index contributed by atoms with van der Waals surface area (Å²) >= 11 is 12.2. The van der Waals surface area contributed by atoms with Crippen molar-refractivity contribution in [2.75, 3.05) is 0 Å². The van der Waals surface area contributed by atoms with Gasteiger partial charge in [-0.2, -0.15) is 8.78 Å². The third-order valence-corrected chi connectivity index (χ3v) is 5.99. The van der Waals surface area contributed by atoms with Crippen molar-refractivity contribution in [3.63, 3.8) is 0 Å². The summed E-state index contributed by atoms with van der Waals surface area (Å²) in [5.41, 5.74) is 3.01. The molecule has 10 heteroatoms. The van der Waals surface area contributed by atoms with Crippen molar-refractivity contribution < 1.29 is 8.78 Å². The molecule has 0 atom stereocenters. The van der Waals surface area contributed by atoms with E-state index in [-0.39, 0.29) is 12.2 Å². The second-order valence-corrected chi connectivity index (χ2v) is 8.93. The fourth-order valence-corrected chi connectivity index (χ4v) is 4.00. The summed E-state index contributed by atoms with van der Waals surface area (Å²) < 4.78 is 29.6. The van der Waals surface area contributed by atoms with Crippen LogP contribution in [-0.4, -0.2) is 24.1 Å². The van der Waals surface area contributed by atoms with E-state index in [1.807, 2.05) is 24.3 Å². The van der Waals surface area contributed by atoms with Gasteiger partial charge in [-0.25, -0.2) is 18.9 Å². The van der Waals surface area contributed by atoms with Gasteiger partial charge in [-0.3, -0.25) is 4.98 Å². The van der Waals surface area contributed by atoms with E-state index in [1.165, 1.54) is 33.7 Å². The summed E-state index contributed by atoms with van der Waals surface area (Å²) in [7, 11) is 0. The number of pyridine rings is 1. The summed E-state index contributed by atoms with van der Waals surface area (Å²) in [6.07, 6.45) is 2.74. The molecule has 3 aromatic heterocycles. The van der Waals surface area contributed by atoms with E-state index in [2.05, 4.69) is 15.1 Å². The highest BCUT2D eigenvalue weighted by atomic mass is 35.5. The van der Waals surface area contributed by atoms with E-state index in [4.69, 9.17) is 23.2 Å². The molecule has 35 heavy (non-hydrogen) atoms. The van der Waals surface area contributed by atoms with Crippen LogP contribution in [0.15, 0.2) is 78.0 Å². The topological polar surface area (TPSA) is 65.1 Å². The fraction of sp³-hybridized carbons (Fsp3) is 0.120. The minimum absolute atomic E-state index is 0.0550. The van der Waals surface area contributed by atoms with Crippen LogP contribution < -0.4 is 5.69 Å². The minimum atomic E-state index is -3.05. The molecule has 2 aromatic carbocycles. The van der Waals surface area contributed by atoms with Gasteiger partial charge >= 0.3 is 5.69 Å². The Hall–Kier alpha value is -3.62. The molecule has 176 valence electrons. The van der Waals surface area contributed by atoms with Gasteiger partial charge in [0.15, 0.2) is 5.65 Å². The van der Waals surface area contributed by atoms with Gasteiger partial charge in [0.05, 0.1) is 17.8 Å². The smallest absolute Gasteiger partial charge is 0.255 e. The Bertz CT molecular complexity index is 1570. The zero-order valence-corrected chi connectivity index (χ0v) is 19.8. The van der Waals surface area contributed by atoms with E-state index in [0.717, 1.165) is 18.1 Å². The highest BCUT2D eigenvalue weighted by molar-refractivity contribution is 6.31. The zero-order valence-electron chi connectivity index (χ0n) is 18.3. The van der Waals surface area contributed by atoms with Crippen molar-refractivity contribution in [3.05, 3.63) is 105 Å². The monoisotopic (exact) mass is 511 g/mol. The molecule has 0 N–H and O–H groups in total. The maximum absolute atomic E-state index is 13.5. The Kier molecular flexibility index (Phi) is 5.86. The van der Waals surface area contributed by atoms with Gasteiger partial charge in [0.25, 0.3) is 5.92 Å². The number of fused-ring (bicyclic) bond motifs is 1. The first kappa shape index (κ1) is 23.1. The normalized spacial score (nSPS) is 11.8. The molecule has 0 amide bonds. The Morgan fingerprint density at radius 3 is 2.09 bits per heavy atom. The van der Waals surface area contributed by atoms with Crippen LogP contribution in [0.4, 0.5) is 8.78 Å². The number of hydrogen-bond acceptors (Lipinski definition) is 4. The quantitative estimate of drug-likeness (QED) is 0.286. The summed E-state index contributed by atoms with van der Waals surface area (Å²) in [6.45, 7) is 0.838. The molecule has 5 aromatic rings. The Balaban J connectivity index is 1.66. The SMILES string of the molecule is CC(F)(F)c1ccc(Cn2nc3c(-c4ccc(Cl)cc4)c(-c4ccc(Cl)cc4)ncn3c2=O)cn1. The zero-order chi connectivity index (χ0) is 24.7. The lowest BCUT2D eigenvalue weighted by atomic mass is 10.0. The van der Waals surface area contributed by atoms with Crippen molar-refractivity contribution in [2.24, 2.45) is 0 Å². The molecule has 0 aliphatic carbocycles. The first-order valence-corrected chi connectivity index (χ1v) is 11.3. The molecular formula is C25H17Cl2F2N5O. The number of rotatable bonds is 5.